The number of hydrogen-bond donors (Lipinski definition) is 1. The molecule has 1 atom stereocenters. The number of hydrogen-bond acceptors (Lipinski definition) is 2. The van der Waals surface area contributed by atoms with Gasteiger partial charge in [0.15, 0.2) is 0 Å². The molecule has 23 heavy (non-hydrogen) atoms. The highest BCUT2D eigenvalue weighted by Gasteiger charge is 2.08. The number of carbonyl (C=O) groups excluding carboxylic acids is 1. The highest BCUT2D eigenvalue weighted by Crippen LogP contribution is 2.11. The number of aryl methyl sites for hydroxylation is 2. The van der Waals surface area contributed by atoms with E-state index in [1.165, 1.54) is 17.7 Å². The number of halogens is 1. The third kappa shape index (κ3) is 6.10. The van der Waals surface area contributed by atoms with Gasteiger partial charge >= 0.3 is 0 Å². The Morgan fingerprint density at radius 3 is 2.43 bits per heavy atom. The molecule has 0 fully saturated rings. The van der Waals surface area contributed by atoms with Crippen LogP contribution in [0.2, 0.25) is 0 Å². The summed E-state index contributed by atoms with van der Waals surface area (Å²) in [5.41, 5.74) is 2.13. The summed E-state index contributed by atoms with van der Waals surface area (Å²) in [6.07, 6.45) is 0.970. The Kier molecular flexibility index (Phi) is 6.15. The number of ether oxygens (including phenoxy) is 1. The molecule has 0 aliphatic rings. The molecular weight excluding hydrogens is 293 g/mol. The van der Waals surface area contributed by atoms with Crippen LogP contribution in [-0.4, -0.2) is 18.6 Å². The minimum Gasteiger partial charge on any atom is -0.491 e. The van der Waals surface area contributed by atoms with Crippen molar-refractivity contribution in [1.29, 1.82) is 0 Å². The first-order chi connectivity index (χ1) is 11.0. The Morgan fingerprint density at radius 2 is 1.78 bits per heavy atom. The van der Waals surface area contributed by atoms with Crippen molar-refractivity contribution in [3.8, 4) is 5.75 Å². The Bertz CT molecular complexity index is 623. The predicted molar refractivity (Wildman–Crippen MR) is 89.0 cm³/mol. The minimum atomic E-state index is -0.264. The Balaban J connectivity index is 1.69. The maximum atomic E-state index is 12.8. The van der Waals surface area contributed by atoms with Crippen LogP contribution in [0.5, 0.6) is 5.75 Å². The van der Waals surface area contributed by atoms with Crippen LogP contribution < -0.4 is 10.1 Å². The standard InChI is InChI=1S/C19H22FNO2/c1-14-3-10-18(11-4-14)23-13-15(2)21-19(22)12-7-16-5-8-17(20)9-6-16/h3-6,8-11,15H,7,12-13H2,1-2H3,(H,21,22). The zero-order valence-electron chi connectivity index (χ0n) is 13.5. The van der Waals surface area contributed by atoms with Gasteiger partial charge in [-0.05, 0) is 50.1 Å². The first-order valence-electron chi connectivity index (χ1n) is 7.76. The van der Waals surface area contributed by atoms with Gasteiger partial charge in [-0.3, -0.25) is 4.79 Å². The zero-order chi connectivity index (χ0) is 16.7. The summed E-state index contributed by atoms with van der Waals surface area (Å²) in [5.74, 6) is 0.498. The number of rotatable bonds is 7. The Morgan fingerprint density at radius 1 is 1.13 bits per heavy atom. The van der Waals surface area contributed by atoms with Crippen LogP contribution in [0.15, 0.2) is 48.5 Å². The van der Waals surface area contributed by atoms with Gasteiger partial charge in [0.05, 0.1) is 6.04 Å². The summed E-state index contributed by atoms with van der Waals surface area (Å²) in [5, 5.41) is 2.91. The molecule has 0 bridgehead atoms. The maximum absolute atomic E-state index is 12.8. The van der Waals surface area contributed by atoms with Gasteiger partial charge in [-0.25, -0.2) is 4.39 Å². The molecule has 1 amide bonds. The Hall–Kier alpha value is -2.36. The van der Waals surface area contributed by atoms with Crippen molar-refractivity contribution in [2.45, 2.75) is 32.7 Å². The summed E-state index contributed by atoms with van der Waals surface area (Å²) in [4.78, 5) is 11.9. The lowest BCUT2D eigenvalue weighted by atomic mass is 10.1. The lowest BCUT2D eigenvalue weighted by Gasteiger charge is -2.15. The molecule has 2 aromatic rings. The molecule has 0 radical (unpaired) electrons. The van der Waals surface area contributed by atoms with E-state index >= 15 is 0 Å². The van der Waals surface area contributed by atoms with Crippen molar-refractivity contribution in [2.24, 2.45) is 0 Å². The molecule has 2 rings (SSSR count). The van der Waals surface area contributed by atoms with Crippen LogP contribution in [-0.2, 0) is 11.2 Å². The van der Waals surface area contributed by atoms with Crippen molar-refractivity contribution < 1.29 is 13.9 Å². The molecule has 0 saturated heterocycles. The predicted octanol–water partition coefficient (Wildman–Crippen LogP) is 3.65. The van der Waals surface area contributed by atoms with Gasteiger partial charge in [-0.1, -0.05) is 29.8 Å². The van der Waals surface area contributed by atoms with Gasteiger partial charge in [-0.15, -0.1) is 0 Å². The molecule has 1 unspecified atom stereocenters. The topological polar surface area (TPSA) is 38.3 Å². The second-order valence-corrected chi connectivity index (χ2v) is 5.72. The van der Waals surface area contributed by atoms with E-state index in [1.807, 2.05) is 38.1 Å². The molecule has 1 N–H and O–H groups in total. The van der Waals surface area contributed by atoms with Crippen LogP contribution in [0.1, 0.15) is 24.5 Å². The van der Waals surface area contributed by atoms with Gasteiger partial charge < -0.3 is 10.1 Å². The summed E-state index contributed by atoms with van der Waals surface area (Å²) in [6, 6.07) is 14.0. The fourth-order valence-corrected chi connectivity index (χ4v) is 2.15. The number of carbonyl (C=O) groups is 1. The summed E-state index contributed by atoms with van der Waals surface area (Å²) in [6.45, 7) is 4.35. The van der Waals surface area contributed by atoms with Gasteiger partial charge in [0.1, 0.15) is 18.2 Å². The third-order valence-corrected chi connectivity index (χ3v) is 3.48. The monoisotopic (exact) mass is 315 g/mol. The van der Waals surface area contributed by atoms with E-state index in [0.717, 1.165) is 11.3 Å². The van der Waals surface area contributed by atoms with Crippen LogP contribution in [0, 0.1) is 12.7 Å². The molecule has 0 aromatic heterocycles. The average Bonchev–Trinajstić information content (AvgIpc) is 2.54. The smallest absolute Gasteiger partial charge is 0.220 e. The molecule has 0 spiro atoms. The maximum Gasteiger partial charge on any atom is 0.220 e. The van der Waals surface area contributed by atoms with Gasteiger partial charge in [-0.2, -0.15) is 0 Å². The molecule has 2 aromatic carbocycles. The van der Waals surface area contributed by atoms with Crippen LogP contribution in [0.3, 0.4) is 0 Å². The quantitative estimate of drug-likeness (QED) is 0.847. The number of benzene rings is 2. The van der Waals surface area contributed by atoms with E-state index in [2.05, 4.69) is 5.32 Å². The number of amides is 1. The fourth-order valence-electron chi connectivity index (χ4n) is 2.15. The second-order valence-electron chi connectivity index (χ2n) is 5.72. The summed E-state index contributed by atoms with van der Waals surface area (Å²) >= 11 is 0. The average molecular weight is 315 g/mol. The fraction of sp³-hybridized carbons (Fsp3) is 0.316. The lowest BCUT2D eigenvalue weighted by Crippen LogP contribution is -2.36. The van der Waals surface area contributed by atoms with Crippen molar-refractivity contribution in [2.75, 3.05) is 6.61 Å². The molecule has 0 aliphatic carbocycles. The van der Waals surface area contributed by atoms with Crippen LogP contribution >= 0.6 is 0 Å². The van der Waals surface area contributed by atoms with E-state index < -0.39 is 0 Å². The van der Waals surface area contributed by atoms with Gasteiger partial charge in [0.25, 0.3) is 0 Å². The SMILES string of the molecule is Cc1ccc(OCC(C)NC(=O)CCc2ccc(F)cc2)cc1. The Labute approximate surface area is 136 Å². The minimum absolute atomic E-state index is 0.0330. The van der Waals surface area contributed by atoms with Gasteiger partial charge in [0.2, 0.25) is 5.91 Å². The second kappa shape index (κ2) is 8.32. The van der Waals surface area contributed by atoms with E-state index in [4.69, 9.17) is 4.74 Å². The molecule has 3 nitrogen and oxygen atoms in total. The van der Waals surface area contributed by atoms with Crippen molar-refractivity contribution in [3.63, 3.8) is 0 Å². The number of nitrogens with one attached hydrogen (secondary N) is 1. The molecule has 4 heteroatoms. The van der Waals surface area contributed by atoms with Crippen molar-refractivity contribution in [1.82, 2.24) is 5.32 Å². The molecule has 122 valence electrons. The van der Waals surface area contributed by atoms with Crippen LogP contribution in [0.4, 0.5) is 4.39 Å². The third-order valence-electron chi connectivity index (χ3n) is 3.48. The molecule has 0 aliphatic heterocycles. The highest BCUT2D eigenvalue weighted by atomic mass is 19.1. The lowest BCUT2D eigenvalue weighted by molar-refractivity contribution is -0.121. The molecule has 0 saturated carbocycles. The summed E-state index contributed by atoms with van der Waals surface area (Å²) < 4.78 is 18.5. The molecule has 0 heterocycles. The van der Waals surface area contributed by atoms with E-state index in [9.17, 15) is 9.18 Å². The first kappa shape index (κ1) is 17.0. The van der Waals surface area contributed by atoms with E-state index in [1.54, 1.807) is 12.1 Å². The van der Waals surface area contributed by atoms with Gasteiger partial charge in [0, 0.05) is 6.42 Å². The first-order valence-corrected chi connectivity index (χ1v) is 7.76. The van der Waals surface area contributed by atoms with E-state index in [0.29, 0.717) is 19.4 Å². The van der Waals surface area contributed by atoms with Crippen molar-refractivity contribution >= 4 is 5.91 Å². The van der Waals surface area contributed by atoms with Crippen LogP contribution in [0.25, 0.3) is 0 Å². The largest absolute Gasteiger partial charge is 0.491 e. The van der Waals surface area contributed by atoms with Crippen molar-refractivity contribution in [3.05, 3.63) is 65.5 Å². The zero-order valence-corrected chi connectivity index (χ0v) is 13.5. The molecular formula is C19H22FNO2. The summed E-state index contributed by atoms with van der Waals surface area (Å²) in [7, 11) is 0. The normalized spacial score (nSPS) is 11.8. The van der Waals surface area contributed by atoms with E-state index in [-0.39, 0.29) is 17.8 Å². The highest BCUT2D eigenvalue weighted by molar-refractivity contribution is 5.76.